The Balaban J connectivity index is 1.50. The average molecular weight is 576 g/mol. The van der Waals surface area contributed by atoms with Crippen molar-refractivity contribution < 1.29 is 18.8 Å². The molecule has 4 heterocycles. The summed E-state index contributed by atoms with van der Waals surface area (Å²) in [4.78, 5) is 49.1. The first kappa shape index (κ1) is 29.9. The van der Waals surface area contributed by atoms with E-state index in [1.54, 1.807) is 23.4 Å². The van der Waals surface area contributed by atoms with Gasteiger partial charge in [0.15, 0.2) is 5.78 Å². The van der Waals surface area contributed by atoms with Gasteiger partial charge < -0.3 is 19.7 Å². The van der Waals surface area contributed by atoms with E-state index >= 15 is 0 Å². The third kappa shape index (κ3) is 5.35. The highest BCUT2D eigenvalue weighted by atomic mass is 19.1. The number of aromatic nitrogens is 2. The van der Waals surface area contributed by atoms with Gasteiger partial charge in [-0.25, -0.2) is 4.39 Å². The van der Waals surface area contributed by atoms with Crippen molar-refractivity contribution in [2.24, 2.45) is 5.92 Å². The summed E-state index contributed by atoms with van der Waals surface area (Å²) in [5.41, 5.74) is 2.72. The van der Waals surface area contributed by atoms with E-state index in [1.807, 2.05) is 50.2 Å². The van der Waals surface area contributed by atoms with Gasteiger partial charge in [0.25, 0.3) is 5.91 Å². The molecule has 42 heavy (non-hydrogen) atoms. The van der Waals surface area contributed by atoms with Crippen molar-refractivity contribution >= 4 is 28.5 Å². The van der Waals surface area contributed by atoms with Gasteiger partial charge in [-0.05, 0) is 91.5 Å². The number of pyridine rings is 1. The number of nitrogens with one attached hydrogen (secondary N) is 1. The second kappa shape index (κ2) is 12.0. The lowest BCUT2D eigenvalue weighted by molar-refractivity contribution is -0.136. The predicted octanol–water partition coefficient (Wildman–Crippen LogP) is 5.29. The fourth-order valence-corrected chi connectivity index (χ4v) is 6.92. The summed E-state index contributed by atoms with van der Waals surface area (Å²) in [7, 11) is 0. The lowest BCUT2D eigenvalue weighted by atomic mass is 9.84. The second-order valence-corrected chi connectivity index (χ2v) is 12.2. The predicted molar refractivity (Wildman–Crippen MR) is 161 cm³/mol. The Hall–Kier alpha value is -3.59. The zero-order chi connectivity index (χ0) is 30.3. The lowest BCUT2D eigenvalue weighted by Crippen LogP contribution is -2.52. The SMILES string of the molecule is CCN(C(=O)c1cc(F)ccc1-n1c(C)c(C(=O)[C@@H]2CCN(C(=O)[C@@H]3CC[C@@H](C)N3)[C@@H](C)C2)c2ccncc21)C(C)C. The van der Waals surface area contributed by atoms with Crippen LogP contribution in [0.3, 0.4) is 0 Å². The molecule has 2 aliphatic rings. The van der Waals surface area contributed by atoms with Crippen LogP contribution >= 0.6 is 0 Å². The Morgan fingerprint density at radius 2 is 1.90 bits per heavy atom. The maximum Gasteiger partial charge on any atom is 0.256 e. The first-order valence-corrected chi connectivity index (χ1v) is 15.2. The largest absolute Gasteiger partial charge is 0.339 e. The van der Waals surface area contributed by atoms with Gasteiger partial charge in [-0.1, -0.05) is 0 Å². The number of carbonyl (C=O) groups excluding carboxylic acids is 3. The van der Waals surface area contributed by atoms with Gasteiger partial charge in [0.2, 0.25) is 5.91 Å². The van der Waals surface area contributed by atoms with Gasteiger partial charge in [0, 0.05) is 60.0 Å². The molecule has 2 amide bonds. The number of rotatable bonds is 7. The molecule has 9 heteroatoms. The maximum atomic E-state index is 14.5. The molecule has 2 aliphatic heterocycles. The number of fused-ring (bicyclic) bond motifs is 1. The summed E-state index contributed by atoms with van der Waals surface area (Å²) in [5, 5.41) is 4.14. The van der Waals surface area contributed by atoms with E-state index in [4.69, 9.17) is 0 Å². The molecule has 0 radical (unpaired) electrons. The molecule has 224 valence electrons. The van der Waals surface area contributed by atoms with Crippen LogP contribution in [0.1, 0.15) is 86.7 Å². The minimum atomic E-state index is -0.497. The molecule has 2 saturated heterocycles. The minimum Gasteiger partial charge on any atom is -0.339 e. The third-order valence-corrected chi connectivity index (χ3v) is 9.11. The van der Waals surface area contributed by atoms with Gasteiger partial charge in [-0.15, -0.1) is 0 Å². The van der Waals surface area contributed by atoms with Gasteiger partial charge in [0.1, 0.15) is 5.82 Å². The first-order valence-electron chi connectivity index (χ1n) is 15.2. The zero-order valence-corrected chi connectivity index (χ0v) is 25.5. The summed E-state index contributed by atoms with van der Waals surface area (Å²) in [6, 6.07) is 6.14. The van der Waals surface area contributed by atoms with Gasteiger partial charge >= 0.3 is 0 Å². The summed E-state index contributed by atoms with van der Waals surface area (Å²) in [6.45, 7) is 12.8. The monoisotopic (exact) mass is 575 g/mol. The molecule has 0 unspecified atom stereocenters. The fraction of sp³-hybridized carbons (Fsp3) is 0.515. The van der Waals surface area contributed by atoms with Crippen LogP contribution in [-0.2, 0) is 4.79 Å². The molecule has 0 aliphatic carbocycles. The van der Waals surface area contributed by atoms with Crippen molar-refractivity contribution in [3.63, 3.8) is 0 Å². The smallest absolute Gasteiger partial charge is 0.256 e. The summed E-state index contributed by atoms with van der Waals surface area (Å²) in [6.07, 6.45) is 6.37. The molecule has 1 N–H and O–H groups in total. The molecule has 3 aromatic rings. The van der Waals surface area contributed by atoms with Crippen molar-refractivity contribution in [2.75, 3.05) is 13.1 Å². The molecule has 2 aromatic heterocycles. The maximum absolute atomic E-state index is 14.5. The number of benzene rings is 1. The number of nitrogens with zero attached hydrogens (tertiary/aromatic N) is 4. The van der Waals surface area contributed by atoms with Crippen LogP contribution in [0.15, 0.2) is 36.7 Å². The minimum absolute atomic E-state index is 0.0290. The molecule has 5 rings (SSSR count). The van der Waals surface area contributed by atoms with E-state index in [0.29, 0.717) is 54.4 Å². The van der Waals surface area contributed by atoms with Crippen molar-refractivity contribution in [1.82, 2.24) is 24.7 Å². The van der Waals surface area contributed by atoms with E-state index in [9.17, 15) is 18.8 Å². The number of amides is 2. The van der Waals surface area contributed by atoms with E-state index in [2.05, 4.69) is 17.2 Å². The van der Waals surface area contributed by atoms with Crippen molar-refractivity contribution in [2.45, 2.75) is 91.4 Å². The van der Waals surface area contributed by atoms with Crippen LogP contribution in [-0.4, -0.2) is 74.2 Å². The Bertz CT molecular complexity index is 1510. The number of hydrogen-bond donors (Lipinski definition) is 1. The second-order valence-electron chi connectivity index (χ2n) is 12.2. The highest BCUT2D eigenvalue weighted by molar-refractivity contribution is 6.11. The van der Waals surface area contributed by atoms with Gasteiger partial charge in [0.05, 0.1) is 29.0 Å². The van der Waals surface area contributed by atoms with E-state index in [0.717, 1.165) is 18.2 Å². The number of likely N-dealkylation sites (tertiary alicyclic amines) is 1. The molecule has 0 spiro atoms. The lowest BCUT2D eigenvalue weighted by Gasteiger charge is -2.38. The number of Topliss-reactive ketones (excluding diaryl/α,β-unsaturated/α-hetero) is 1. The normalized spacial score (nSPS) is 22.6. The first-order chi connectivity index (χ1) is 20.0. The summed E-state index contributed by atoms with van der Waals surface area (Å²) < 4.78 is 16.4. The number of hydrogen-bond acceptors (Lipinski definition) is 5. The summed E-state index contributed by atoms with van der Waals surface area (Å²) in [5.74, 6) is -0.842. The highest BCUT2D eigenvalue weighted by Crippen LogP contribution is 2.35. The number of piperidine rings is 1. The van der Waals surface area contributed by atoms with Crippen molar-refractivity contribution in [3.05, 3.63) is 59.3 Å². The number of carbonyl (C=O) groups is 3. The molecule has 0 saturated carbocycles. The van der Waals surface area contributed by atoms with Crippen LogP contribution in [0, 0.1) is 18.7 Å². The quantitative estimate of drug-likeness (QED) is 0.387. The summed E-state index contributed by atoms with van der Waals surface area (Å²) >= 11 is 0. The topological polar surface area (TPSA) is 87.5 Å². The van der Waals surface area contributed by atoms with Crippen molar-refractivity contribution in [3.8, 4) is 5.69 Å². The van der Waals surface area contributed by atoms with E-state index in [1.165, 1.54) is 12.1 Å². The van der Waals surface area contributed by atoms with Crippen LogP contribution in [0.25, 0.3) is 16.6 Å². The molecular formula is C33H42FN5O3. The van der Waals surface area contributed by atoms with Crippen LogP contribution in [0.2, 0.25) is 0 Å². The Kier molecular flexibility index (Phi) is 8.51. The third-order valence-electron chi connectivity index (χ3n) is 9.11. The van der Waals surface area contributed by atoms with E-state index in [-0.39, 0.29) is 47.2 Å². The van der Waals surface area contributed by atoms with Crippen LogP contribution in [0.5, 0.6) is 0 Å². The van der Waals surface area contributed by atoms with Crippen LogP contribution in [0.4, 0.5) is 4.39 Å². The Labute approximate surface area is 247 Å². The fourth-order valence-electron chi connectivity index (χ4n) is 6.92. The molecule has 4 atom stereocenters. The molecule has 1 aromatic carbocycles. The Morgan fingerprint density at radius 1 is 1.14 bits per heavy atom. The molecule has 0 bridgehead atoms. The van der Waals surface area contributed by atoms with Crippen molar-refractivity contribution in [1.29, 1.82) is 0 Å². The highest BCUT2D eigenvalue weighted by Gasteiger charge is 2.38. The molecule has 8 nitrogen and oxygen atoms in total. The van der Waals surface area contributed by atoms with Gasteiger partial charge in [-0.3, -0.25) is 19.4 Å². The average Bonchev–Trinajstić information content (AvgIpc) is 3.52. The zero-order valence-electron chi connectivity index (χ0n) is 25.5. The molecule has 2 fully saturated rings. The molecular weight excluding hydrogens is 533 g/mol. The number of halogens is 1. The Morgan fingerprint density at radius 3 is 2.55 bits per heavy atom. The van der Waals surface area contributed by atoms with Crippen LogP contribution < -0.4 is 5.32 Å². The standard InChI is InChI=1S/C33H42FN5O3/c1-7-37(19(2)3)32(41)26-17-24(34)9-11-28(26)39-22(6)30(25-12-14-35-18-29(25)39)31(40)23-13-15-38(21(5)16-23)33(42)27-10-8-20(4)36-27/h9,11-12,14,17-21,23,27,36H,7-8,10,13,15-16H2,1-6H3/t20-,21+,23-,27+/m1/s1. The number of ketones is 1. The van der Waals surface area contributed by atoms with E-state index < -0.39 is 5.82 Å². The van der Waals surface area contributed by atoms with Gasteiger partial charge in [-0.2, -0.15) is 0 Å².